The highest BCUT2D eigenvalue weighted by Crippen LogP contribution is 2.20. The summed E-state index contributed by atoms with van der Waals surface area (Å²) in [5.41, 5.74) is 26.3. The molecule has 0 aliphatic heterocycles. The zero-order valence-corrected chi connectivity index (χ0v) is 27.4. The lowest BCUT2D eigenvalue weighted by Crippen LogP contribution is -2.58. The number of unbranched alkanes of at least 4 members (excludes halogenated alkanes) is 1. The zero-order valence-electron chi connectivity index (χ0n) is 27.4. The molecule has 0 aliphatic rings. The van der Waals surface area contributed by atoms with E-state index in [1.54, 1.807) is 12.4 Å². The number of carbonyl (C=O) groups is 4. The van der Waals surface area contributed by atoms with Crippen LogP contribution in [0.4, 0.5) is 0 Å². The number of aromatic amines is 2. The highest BCUT2D eigenvalue weighted by atomic mass is 16.2. The fourth-order valence-electron chi connectivity index (χ4n) is 5.76. The first-order chi connectivity index (χ1) is 23.6. The highest BCUT2D eigenvalue weighted by Gasteiger charge is 2.31. The van der Waals surface area contributed by atoms with Crippen molar-refractivity contribution < 1.29 is 19.2 Å². The van der Waals surface area contributed by atoms with E-state index in [4.69, 9.17) is 28.3 Å². The van der Waals surface area contributed by atoms with Gasteiger partial charge in [-0.15, -0.1) is 0 Å². The van der Waals surface area contributed by atoms with Crippen LogP contribution in [0.2, 0.25) is 0 Å². The Morgan fingerprint density at radius 2 is 1.22 bits per heavy atom. The molecule has 0 fully saturated rings. The standard InChI is InChI=1S/C34H47N11O4/c35-14-6-5-12-27(30(37)46)43-33(49)29(17-21-19-42-26-11-4-2-9-23(21)26)45-32(48)28(13-7-15-40-34(38)39)44-31(47)24(36)16-20-18-41-25-10-3-1-8-22(20)25/h1-4,8-11,18-19,24,27-29,41-42H,5-7,12-17,35-36H2,(H2,37,46)(H,43,49)(H,44,47)(H,45,48)(H4,38,39,40)/t24-,27-,28-,29-/m0/s1. The van der Waals surface area contributed by atoms with Crippen molar-refractivity contribution in [1.29, 1.82) is 5.41 Å². The van der Waals surface area contributed by atoms with Gasteiger partial charge in [0.2, 0.25) is 23.6 Å². The molecule has 4 atom stereocenters. The molecule has 0 saturated carbocycles. The van der Waals surface area contributed by atoms with Gasteiger partial charge in [0.15, 0.2) is 5.96 Å². The molecule has 49 heavy (non-hydrogen) atoms. The summed E-state index contributed by atoms with van der Waals surface area (Å²) >= 11 is 0. The second kappa shape index (κ2) is 17.7. The van der Waals surface area contributed by atoms with Gasteiger partial charge in [0.1, 0.15) is 18.1 Å². The average Bonchev–Trinajstić information content (AvgIpc) is 3.68. The first-order valence-electron chi connectivity index (χ1n) is 16.4. The SMILES string of the molecule is N=C(N)NCCC[C@H](NC(=O)[C@@H](N)Cc1c[nH]c2ccccc12)C(=O)N[C@@H](Cc1c[nH]c2ccccc12)C(=O)N[C@@H](CCCCN)C(N)=O. The summed E-state index contributed by atoms with van der Waals surface area (Å²) in [6.07, 6.45) is 5.91. The van der Waals surface area contributed by atoms with Crippen molar-refractivity contribution in [1.82, 2.24) is 31.2 Å². The fourth-order valence-corrected chi connectivity index (χ4v) is 5.76. The number of nitrogens with one attached hydrogen (secondary N) is 7. The largest absolute Gasteiger partial charge is 0.370 e. The van der Waals surface area contributed by atoms with Gasteiger partial charge < -0.3 is 54.2 Å². The lowest BCUT2D eigenvalue weighted by molar-refractivity contribution is -0.133. The van der Waals surface area contributed by atoms with Crippen LogP contribution in [0.25, 0.3) is 21.8 Å². The summed E-state index contributed by atoms with van der Waals surface area (Å²) in [5.74, 6) is -2.69. The predicted molar refractivity (Wildman–Crippen MR) is 189 cm³/mol. The van der Waals surface area contributed by atoms with Crippen LogP contribution < -0.4 is 44.2 Å². The number of hydrogen-bond acceptors (Lipinski definition) is 7. The van der Waals surface area contributed by atoms with Gasteiger partial charge in [-0.25, -0.2) is 0 Å². The van der Waals surface area contributed by atoms with E-state index in [1.165, 1.54) is 0 Å². The Bertz CT molecular complexity index is 1750. The lowest BCUT2D eigenvalue weighted by Gasteiger charge is -2.25. The number of nitrogens with two attached hydrogens (primary N) is 4. The Labute approximate surface area is 284 Å². The summed E-state index contributed by atoms with van der Waals surface area (Å²) in [6.45, 7) is 0.706. The minimum Gasteiger partial charge on any atom is -0.370 e. The van der Waals surface area contributed by atoms with E-state index in [2.05, 4.69) is 31.2 Å². The van der Waals surface area contributed by atoms with Crippen molar-refractivity contribution >= 4 is 51.4 Å². The van der Waals surface area contributed by atoms with Crippen LogP contribution >= 0.6 is 0 Å². The van der Waals surface area contributed by atoms with E-state index in [0.29, 0.717) is 32.2 Å². The third-order valence-corrected chi connectivity index (χ3v) is 8.41. The Morgan fingerprint density at radius 3 is 1.82 bits per heavy atom. The molecule has 0 aliphatic carbocycles. The minimum absolute atomic E-state index is 0.0858. The van der Waals surface area contributed by atoms with Crippen LogP contribution in [0.15, 0.2) is 60.9 Å². The molecule has 0 saturated heterocycles. The number of H-pyrrole nitrogens is 2. The monoisotopic (exact) mass is 673 g/mol. The summed E-state index contributed by atoms with van der Waals surface area (Å²) in [5, 5.41) is 20.2. The number of primary amides is 1. The average molecular weight is 674 g/mol. The number of fused-ring (bicyclic) bond motifs is 2. The zero-order chi connectivity index (χ0) is 35.3. The Hall–Kier alpha value is -5.41. The number of hydrogen-bond donors (Lipinski definition) is 11. The quantitative estimate of drug-likeness (QED) is 0.0368. The maximum absolute atomic E-state index is 13.9. The van der Waals surface area contributed by atoms with Gasteiger partial charge in [-0.05, 0) is 68.3 Å². The molecule has 15 heteroatoms. The lowest BCUT2D eigenvalue weighted by atomic mass is 10.0. The van der Waals surface area contributed by atoms with Gasteiger partial charge in [-0.2, -0.15) is 0 Å². The number of benzene rings is 2. The number of carbonyl (C=O) groups excluding carboxylic acids is 4. The smallest absolute Gasteiger partial charge is 0.243 e. The fraction of sp³-hybridized carbons (Fsp3) is 0.382. The van der Waals surface area contributed by atoms with Gasteiger partial charge in [0.25, 0.3) is 0 Å². The molecule has 2 aromatic carbocycles. The Morgan fingerprint density at radius 1 is 0.694 bits per heavy atom. The molecule has 4 rings (SSSR count). The van der Waals surface area contributed by atoms with Gasteiger partial charge in [-0.3, -0.25) is 24.6 Å². The predicted octanol–water partition coefficient (Wildman–Crippen LogP) is 0.0937. The van der Waals surface area contributed by atoms with E-state index < -0.39 is 47.8 Å². The number of para-hydroxylation sites is 2. The number of rotatable bonds is 19. The maximum atomic E-state index is 13.9. The van der Waals surface area contributed by atoms with Gasteiger partial charge in [0.05, 0.1) is 6.04 Å². The maximum Gasteiger partial charge on any atom is 0.243 e. The van der Waals surface area contributed by atoms with Crippen LogP contribution in [-0.4, -0.2) is 76.8 Å². The van der Waals surface area contributed by atoms with Crippen molar-refractivity contribution in [3.63, 3.8) is 0 Å². The molecule has 15 N–H and O–H groups in total. The minimum atomic E-state index is -1.13. The van der Waals surface area contributed by atoms with E-state index >= 15 is 0 Å². The van der Waals surface area contributed by atoms with Crippen molar-refractivity contribution in [2.75, 3.05) is 13.1 Å². The van der Waals surface area contributed by atoms with Gasteiger partial charge in [-0.1, -0.05) is 36.4 Å². The number of aromatic nitrogens is 2. The van der Waals surface area contributed by atoms with Crippen LogP contribution in [0, 0.1) is 5.41 Å². The Balaban J connectivity index is 1.53. The summed E-state index contributed by atoms with van der Waals surface area (Å²) in [4.78, 5) is 59.6. The molecule has 2 heterocycles. The van der Waals surface area contributed by atoms with Crippen molar-refractivity contribution in [2.45, 2.75) is 69.1 Å². The van der Waals surface area contributed by atoms with Crippen LogP contribution in [0.1, 0.15) is 43.2 Å². The molecule has 4 aromatic rings. The second-order valence-electron chi connectivity index (χ2n) is 12.1. The normalized spacial score (nSPS) is 13.7. The first-order valence-corrected chi connectivity index (χ1v) is 16.4. The molecule has 262 valence electrons. The topological polar surface area (TPSA) is 276 Å². The highest BCUT2D eigenvalue weighted by molar-refractivity contribution is 5.95. The molecule has 0 bridgehead atoms. The number of amides is 4. The van der Waals surface area contributed by atoms with Gasteiger partial charge in [0, 0.05) is 47.2 Å². The van der Waals surface area contributed by atoms with Crippen molar-refractivity contribution in [2.24, 2.45) is 22.9 Å². The second-order valence-corrected chi connectivity index (χ2v) is 12.1. The summed E-state index contributed by atoms with van der Waals surface area (Å²) in [7, 11) is 0. The van der Waals surface area contributed by atoms with Gasteiger partial charge >= 0.3 is 0 Å². The van der Waals surface area contributed by atoms with Crippen molar-refractivity contribution in [3.8, 4) is 0 Å². The Kier molecular flexibility index (Phi) is 13.1. The summed E-state index contributed by atoms with van der Waals surface area (Å²) < 4.78 is 0. The molecular formula is C34H47N11O4. The summed E-state index contributed by atoms with van der Waals surface area (Å²) in [6, 6.07) is 11.1. The molecular weight excluding hydrogens is 626 g/mol. The molecule has 0 radical (unpaired) electrons. The molecule has 0 unspecified atom stereocenters. The first kappa shape index (κ1) is 36.4. The van der Waals surface area contributed by atoms with Crippen LogP contribution in [0.5, 0.6) is 0 Å². The third kappa shape index (κ3) is 10.3. The van der Waals surface area contributed by atoms with Crippen LogP contribution in [0.3, 0.4) is 0 Å². The molecule has 4 amide bonds. The molecule has 15 nitrogen and oxygen atoms in total. The molecule has 0 spiro atoms. The van der Waals surface area contributed by atoms with E-state index in [0.717, 1.165) is 32.9 Å². The molecule has 2 aromatic heterocycles. The third-order valence-electron chi connectivity index (χ3n) is 8.41. The van der Waals surface area contributed by atoms with E-state index in [9.17, 15) is 19.2 Å². The van der Waals surface area contributed by atoms with E-state index in [1.807, 2.05) is 48.5 Å². The van der Waals surface area contributed by atoms with Crippen LogP contribution in [-0.2, 0) is 32.0 Å². The van der Waals surface area contributed by atoms with E-state index in [-0.39, 0.29) is 31.8 Å². The van der Waals surface area contributed by atoms with Crippen molar-refractivity contribution in [3.05, 3.63) is 72.1 Å². The number of guanidine groups is 1.